The van der Waals surface area contributed by atoms with E-state index in [2.05, 4.69) is 9.72 Å². The van der Waals surface area contributed by atoms with Crippen LogP contribution in [0.5, 0.6) is 11.5 Å². The Morgan fingerprint density at radius 1 is 1.47 bits per heavy atom. The molecule has 0 aromatic carbocycles. The molecule has 0 spiro atoms. The van der Waals surface area contributed by atoms with Crippen molar-refractivity contribution in [2.45, 2.75) is 19.5 Å². The number of aliphatic hydroxyl groups excluding tert-OH is 1. The van der Waals surface area contributed by atoms with Crippen molar-refractivity contribution in [2.75, 3.05) is 7.11 Å². The summed E-state index contributed by atoms with van der Waals surface area (Å²) < 4.78 is 45.2. The fourth-order valence-corrected chi connectivity index (χ4v) is 1.27. The first-order chi connectivity index (χ1) is 7.92. The van der Waals surface area contributed by atoms with Gasteiger partial charge in [-0.3, -0.25) is 4.98 Å². The lowest BCUT2D eigenvalue weighted by Gasteiger charge is -2.16. The van der Waals surface area contributed by atoms with Crippen molar-refractivity contribution >= 4 is 0 Å². The molecule has 8 heteroatoms. The van der Waals surface area contributed by atoms with Crippen LogP contribution in [0.4, 0.5) is 13.2 Å². The Morgan fingerprint density at radius 2 is 2.12 bits per heavy atom. The molecular formula is C9H11F3N2O3. The highest BCUT2D eigenvalue weighted by molar-refractivity contribution is 5.45. The zero-order chi connectivity index (χ0) is 13.1. The number of hydrogen-bond donors (Lipinski definition) is 2. The van der Waals surface area contributed by atoms with E-state index in [0.29, 0.717) is 0 Å². The second kappa shape index (κ2) is 5.19. The number of aromatic nitrogens is 1. The summed E-state index contributed by atoms with van der Waals surface area (Å²) in [6, 6.07) is 0. The average molecular weight is 252 g/mol. The van der Waals surface area contributed by atoms with Crippen molar-refractivity contribution < 1.29 is 27.8 Å². The van der Waals surface area contributed by atoms with Crippen LogP contribution in [0.2, 0.25) is 0 Å². The fraction of sp³-hybridized carbons (Fsp3) is 0.444. The second-order valence-electron chi connectivity index (χ2n) is 2.99. The molecule has 0 radical (unpaired) electrons. The van der Waals surface area contributed by atoms with Crippen molar-refractivity contribution in [1.82, 2.24) is 4.98 Å². The Bertz CT molecular complexity index is 396. The quantitative estimate of drug-likeness (QED) is 0.833. The van der Waals surface area contributed by atoms with Gasteiger partial charge in [-0.05, 0) is 0 Å². The largest absolute Gasteiger partial charge is 0.573 e. The standard InChI is InChI=1S/C9H11F3N2O3/c1-16-7-3-14-6(2-13)8(5(7)4-15)17-9(10,11)12/h3,15H,2,4,13H2,1H3. The molecule has 1 aromatic rings. The van der Waals surface area contributed by atoms with Gasteiger partial charge in [0, 0.05) is 6.54 Å². The lowest BCUT2D eigenvalue weighted by Crippen LogP contribution is -2.21. The van der Waals surface area contributed by atoms with Crippen LogP contribution in [0.3, 0.4) is 0 Å². The Balaban J connectivity index is 3.30. The van der Waals surface area contributed by atoms with E-state index in [9.17, 15) is 13.2 Å². The molecule has 1 aromatic heterocycles. The fourth-order valence-electron chi connectivity index (χ4n) is 1.27. The Hall–Kier alpha value is -1.54. The summed E-state index contributed by atoms with van der Waals surface area (Å²) in [6.45, 7) is -0.924. The highest BCUT2D eigenvalue weighted by atomic mass is 19.4. The normalized spacial score (nSPS) is 11.4. The molecule has 0 bridgehead atoms. The van der Waals surface area contributed by atoms with E-state index in [0.717, 1.165) is 0 Å². The molecule has 1 rings (SSSR count). The van der Waals surface area contributed by atoms with Crippen LogP contribution < -0.4 is 15.2 Å². The Kier molecular flexibility index (Phi) is 4.13. The number of methoxy groups -OCH3 is 1. The van der Waals surface area contributed by atoms with E-state index in [1.165, 1.54) is 13.3 Å². The van der Waals surface area contributed by atoms with Crippen LogP contribution in [0, 0.1) is 0 Å². The van der Waals surface area contributed by atoms with E-state index in [1.807, 2.05) is 0 Å². The van der Waals surface area contributed by atoms with Gasteiger partial charge in [0.15, 0.2) is 5.75 Å². The predicted octanol–water partition coefficient (Wildman–Crippen LogP) is 0.940. The minimum Gasteiger partial charge on any atom is -0.495 e. The molecule has 0 fully saturated rings. The maximum Gasteiger partial charge on any atom is 0.573 e. The van der Waals surface area contributed by atoms with Gasteiger partial charge in [0.25, 0.3) is 0 Å². The van der Waals surface area contributed by atoms with Gasteiger partial charge < -0.3 is 20.3 Å². The molecule has 0 saturated heterocycles. The number of hydrogen-bond acceptors (Lipinski definition) is 5. The Labute approximate surface area is 95.0 Å². The molecule has 17 heavy (non-hydrogen) atoms. The second-order valence-corrected chi connectivity index (χ2v) is 2.99. The minimum atomic E-state index is -4.89. The monoisotopic (exact) mass is 252 g/mol. The third-order valence-electron chi connectivity index (χ3n) is 1.96. The van der Waals surface area contributed by atoms with Gasteiger partial charge in [0.2, 0.25) is 0 Å². The molecule has 0 aliphatic rings. The van der Waals surface area contributed by atoms with E-state index < -0.39 is 18.7 Å². The molecule has 0 saturated carbocycles. The number of nitrogens with two attached hydrogens (primary N) is 1. The van der Waals surface area contributed by atoms with E-state index in [1.54, 1.807) is 0 Å². The third-order valence-corrected chi connectivity index (χ3v) is 1.96. The molecule has 0 amide bonds. The number of ether oxygens (including phenoxy) is 2. The average Bonchev–Trinajstić information content (AvgIpc) is 2.26. The summed E-state index contributed by atoms with van der Waals surface area (Å²) in [6.07, 6.45) is -3.71. The first-order valence-electron chi connectivity index (χ1n) is 4.54. The predicted molar refractivity (Wildman–Crippen MR) is 51.3 cm³/mol. The van der Waals surface area contributed by atoms with Crippen molar-refractivity contribution in [3.8, 4) is 11.5 Å². The zero-order valence-corrected chi connectivity index (χ0v) is 8.91. The maximum absolute atomic E-state index is 12.2. The lowest BCUT2D eigenvalue weighted by atomic mass is 10.2. The van der Waals surface area contributed by atoms with Crippen LogP contribution in [0.25, 0.3) is 0 Å². The summed E-state index contributed by atoms with van der Waals surface area (Å²) in [5.74, 6) is -0.606. The maximum atomic E-state index is 12.2. The van der Waals surface area contributed by atoms with Crippen LogP contribution in [0.15, 0.2) is 6.20 Å². The smallest absolute Gasteiger partial charge is 0.495 e. The molecular weight excluding hydrogens is 241 g/mol. The zero-order valence-electron chi connectivity index (χ0n) is 8.91. The topological polar surface area (TPSA) is 77.6 Å². The van der Waals surface area contributed by atoms with Gasteiger partial charge in [0.1, 0.15) is 5.75 Å². The summed E-state index contributed by atoms with van der Waals surface area (Å²) in [4.78, 5) is 3.67. The summed E-state index contributed by atoms with van der Waals surface area (Å²) in [5.41, 5.74) is 5.01. The SMILES string of the molecule is COc1cnc(CN)c(OC(F)(F)F)c1CO. The minimum absolute atomic E-state index is 0.00366. The first kappa shape index (κ1) is 13.5. The number of aliphatic hydroxyl groups is 1. The van der Waals surface area contributed by atoms with Crippen molar-refractivity contribution in [3.05, 3.63) is 17.5 Å². The molecule has 0 atom stereocenters. The molecule has 3 N–H and O–H groups in total. The summed E-state index contributed by atoms with van der Waals surface area (Å²) in [7, 11) is 1.25. The van der Waals surface area contributed by atoms with Crippen LogP contribution in [-0.2, 0) is 13.2 Å². The van der Waals surface area contributed by atoms with Crippen molar-refractivity contribution in [2.24, 2.45) is 5.73 Å². The molecule has 0 aliphatic heterocycles. The molecule has 5 nitrogen and oxygen atoms in total. The highest BCUT2D eigenvalue weighted by Crippen LogP contribution is 2.34. The van der Waals surface area contributed by atoms with Crippen LogP contribution in [0.1, 0.15) is 11.3 Å². The van der Waals surface area contributed by atoms with Gasteiger partial charge in [-0.25, -0.2) is 0 Å². The van der Waals surface area contributed by atoms with Crippen LogP contribution >= 0.6 is 0 Å². The highest BCUT2D eigenvalue weighted by Gasteiger charge is 2.34. The number of alkyl halides is 3. The summed E-state index contributed by atoms with van der Waals surface area (Å²) >= 11 is 0. The van der Waals surface area contributed by atoms with Crippen molar-refractivity contribution in [1.29, 1.82) is 0 Å². The number of nitrogens with zero attached hydrogens (tertiary/aromatic N) is 1. The summed E-state index contributed by atoms with van der Waals surface area (Å²) in [5, 5.41) is 9.05. The van der Waals surface area contributed by atoms with E-state index >= 15 is 0 Å². The molecule has 96 valence electrons. The Morgan fingerprint density at radius 3 is 2.53 bits per heavy atom. The number of halogens is 3. The van der Waals surface area contributed by atoms with E-state index in [-0.39, 0.29) is 23.6 Å². The number of pyridine rings is 1. The van der Waals surface area contributed by atoms with Gasteiger partial charge in [0.05, 0.1) is 31.2 Å². The van der Waals surface area contributed by atoms with E-state index in [4.69, 9.17) is 15.6 Å². The lowest BCUT2D eigenvalue weighted by molar-refractivity contribution is -0.275. The number of rotatable bonds is 4. The van der Waals surface area contributed by atoms with Gasteiger partial charge in [-0.2, -0.15) is 0 Å². The van der Waals surface area contributed by atoms with Crippen molar-refractivity contribution in [3.63, 3.8) is 0 Å². The van der Waals surface area contributed by atoms with Gasteiger partial charge in [-0.15, -0.1) is 13.2 Å². The van der Waals surface area contributed by atoms with Gasteiger partial charge >= 0.3 is 6.36 Å². The molecule has 0 aliphatic carbocycles. The first-order valence-corrected chi connectivity index (χ1v) is 4.54. The van der Waals surface area contributed by atoms with Gasteiger partial charge in [-0.1, -0.05) is 0 Å². The molecule has 1 heterocycles. The van der Waals surface area contributed by atoms with Crippen LogP contribution in [-0.4, -0.2) is 23.6 Å². The molecule has 0 unspecified atom stereocenters. The third kappa shape index (κ3) is 3.21.